The lowest BCUT2D eigenvalue weighted by Crippen LogP contribution is -2.18. The fourth-order valence-corrected chi connectivity index (χ4v) is 1.99. The third-order valence-electron chi connectivity index (χ3n) is 2.77. The number of aromatic nitrogens is 2. The molecular formula is C14H26N4O. The lowest BCUT2D eigenvalue weighted by molar-refractivity contribution is 0.0231. The second kappa shape index (κ2) is 7.40. The Labute approximate surface area is 115 Å². The Balaban J connectivity index is 3.09. The highest BCUT2D eigenvalue weighted by Gasteiger charge is 2.20. The molecular weight excluding hydrogens is 240 g/mol. The smallest absolute Gasteiger partial charge is 0.160 e. The van der Waals surface area contributed by atoms with Gasteiger partial charge in [0.1, 0.15) is 11.9 Å². The zero-order valence-electron chi connectivity index (χ0n) is 12.6. The minimum Gasteiger partial charge on any atom is -0.370 e. The van der Waals surface area contributed by atoms with E-state index in [2.05, 4.69) is 43.1 Å². The predicted molar refractivity (Wildman–Crippen MR) is 77.6 cm³/mol. The maximum Gasteiger partial charge on any atom is 0.160 e. The summed E-state index contributed by atoms with van der Waals surface area (Å²) in [7, 11) is 0. The van der Waals surface area contributed by atoms with E-state index in [1.807, 2.05) is 13.0 Å². The summed E-state index contributed by atoms with van der Waals surface area (Å²) >= 11 is 0. The minimum atomic E-state index is -0.0933. The molecule has 0 radical (unpaired) electrons. The number of hydrazine groups is 1. The van der Waals surface area contributed by atoms with Crippen LogP contribution in [0.1, 0.15) is 52.2 Å². The Kier molecular flexibility index (Phi) is 6.18. The zero-order valence-corrected chi connectivity index (χ0v) is 12.6. The van der Waals surface area contributed by atoms with Crippen LogP contribution in [0, 0.1) is 11.8 Å². The van der Waals surface area contributed by atoms with Crippen LogP contribution in [-0.2, 0) is 11.2 Å². The van der Waals surface area contributed by atoms with Gasteiger partial charge in [-0.25, -0.2) is 15.8 Å². The standard InChI is InChI=1S/C14H26N4O/c1-6-19-13(10(4)5)14-16-11(7-9(2)3)8-12(17-14)18-15/h8-10,13H,6-7,15H2,1-5H3,(H,16,17,18). The van der Waals surface area contributed by atoms with Gasteiger partial charge >= 0.3 is 0 Å². The van der Waals surface area contributed by atoms with Crippen LogP contribution in [0.5, 0.6) is 0 Å². The van der Waals surface area contributed by atoms with Gasteiger partial charge in [0.15, 0.2) is 5.82 Å². The molecule has 0 saturated heterocycles. The van der Waals surface area contributed by atoms with E-state index in [0.29, 0.717) is 30.1 Å². The Morgan fingerprint density at radius 1 is 1.26 bits per heavy atom. The average molecular weight is 266 g/mol. The first-order valence-electron chi connectivity index (χ1n) is 6.94. The van der Waals surface area contributed by atoms with Gasteiger partial charge in [-0.15, -0.1) is 0 Å². The van der Waals surface area contributed by atoms with E-state index in [4.69, 9.17) is 10.6 Å². The summed E-state index contributed by atoms with van der Waals surface area (Å²) in [6.07, 6.45) is 0.811. The molecule has 5 nitrogen and oxygen atoms in total. The summed E-state index contributed by atoms with van der Waals surface area (Å²) in [6, 6.07) is 1.90. The van der Waals surface area contributed by atoms with Crippen molar-refractivity contribution in [3.8, 4) is 0 Å². The van der Waals surface area contributed by atoms with Crippen molar-refractivity contribution < 1.29 is 4.74 Å². The van der Waals surface area contributed by atoms with Gasteiger partial charge in [-0.05, 0) is 25.2 Å². The number of ether oxygens (including phenoxy) is 1. The SMILES string of the molecule is CCOC(c1nc(CC(C)C)cc(NN)n1)C(C)C. The van der Waals surface area contributed by atoms with Crippen molar-refractivity contribution in [2.24, 2.45) is 17.7 Å². The van der Waals surface area contributed by atoms with Crippen LogP contribution < -0.4 is 11.3 Å². The second-order valence-corrected chi connectivity index (χ2v) is 5.46. The molecule has 1 aromatic rings. The molecule has 1 heterocycles. The largest absolute Gasteiger partial charge is 0.370 e. The molecule has 0 saturated carbocycles. The number of rotatable bonds is 7. The molecule has 0 aliphatic rings. The van der Waals surface area contributed by atoms with E-state index in [9.17, 15) is 0 Å². The number of nitrogens with zero attached hydrogens (tertiary/aromatic N) is 2. The molecule has 108 valence electrons. The highest BCUT2D eigenvalue weighted by molar-refractivity contribution is 5.35. The molecule has 3 N–H and O–H groups in total. The van der Waals surface area contributed by atoms with E-state index < -0.39 is 0 Å². The van der Waals surface area contributed by atoms with Gasteiger partial charge in [-0.3, -0.25) is 0 Å². The molecule has 0 aromatic carbocycles. The Morgan fingerprint density at radius 3 is 2.42 bits per heavy atom. The normalized spacial score (nSPS) is 13.1. The van der Waals surface area contributed by atoms with Crippen LogP contribution in [0.4, 0.5) is 5.82 Å². The summed E-state index contributed by atoms with van der Waals surface area (Å²) < 4.78 is 5.76. The van der Waals surface area contributed by atoms with Crippen molar-refractivity contribution in [1.82, 2.24) is 9.97 Å². The maximum absolute atomic E-state index is 5.76. The molecule has 0 aliphatic heterocycles. The number of anilines is 1. The van der Waals surface area contributed by atoms with Gasteiger partial charge in [0.25, 0.3) is 0 Å². The molecule has 5 heteroatoms. The maximum atomic E-state index is 5.76. The van der Waals surface area contributed by atoms with Gasteiger partial charge in [0, 0.05) is 18.4 Å². The monoisotopic (exact) mass is 266 g/mol. The Morgan fingerprint density at radius 2 is 1.95 bits per heavy atom. The van der Waals surface area contributed by atoms with Crippen molar-refractivity contribution in [3.05, 3.63) is 17.6 Å². The Hall–Kier alpha value is -1.20. The second-order valence-electron chi connectivity index (χ2n) is 5.46. The molecule has 1 rings (SSSR count). The van der Waals surface area contributed by atoms with Crippen molar-refractivity contribution in [2.75, 3.05) is 12.0 Å². The molecule has 1 aromatic heterocycles. The van der Waals surface area contributed by atoms with Crippen molar-refractivity contribution >= 4 is 5.82 Å². The summed E-state index contributed by atoms with van der Waals surface area (Å²) in [6.45, 7) is 11.2. The summed E-state index contributed by atoms with van der Waals surface area (Å²) in [5.74, 6) is 7.70. The van der Waals surface area contributed by atoms with Crippen molar-refractivity contribution in [2.45, 2.75) is 47.1 Å². The van der Waals surface area contributed by atoms with Crippen LogP contribution in [0.3, 0.4) is 0 Å². The summed E-state index contributed by atoms with van der Waals surface area (Å²) in [5, 5.41) is 0. The number of nitrogens with one attached hydrogen (secondary N) is 1. The van der Waals surface area contributed by atoms with E-state index in [1.165, 1.54) is 0 Å². The lowest BCUT2D eigenvalue weighted by atomic mass is 10.1. The quantitative estimate of drug-likeness (QED) is 0.586. The molecule has 1 atom stereocenters. The molecule has 0 fully saturated rings. The fraction of sp³-hybridized carbons (Fsp3) is 0.714. The van der Waals surface area contributed by atoms with Crippen LogP contribution in [-0.4, -0.2) is 16.6 Å². The van der Waals surface area contributed by atoms with Gasteiger partial charge in [0.2, 0.25) is 0 Å². The van der Waals surface area contributed by atoms with E-state index in [1.54, 1.807) is 0 Å². The van der Waals surface area contributed by atoms with Crippen molar-refractivity contribution in [1.29, 1.82) is 0 Å². The highest BCUT2D eigenvalue weighted by atomic mass is 16.5. The first-order valence-corrected chi connectivity index (χ1v) is 6.94. The minimum absolute atomic E-state index is 0.0933. The number of nitrogen functional groups attached to an aromatic ring is 1. The molecule has 0 aliphatic carbocycles. The van der Waals surface area contributed by atoms with Gasteiger partial charge in [-0.1, -0.05) is 27.7 Å². The van der Waals surface area contributed by atoms with Gasteiger partial charge in [0.05, 0.1) is 0 Å². The molecule has 1 unspecified atom stereocenters. The molecule has 0 bridgehead atoms. The van der Waals surface area contributed by atoms with E-state index in [0.717, 1.165) is 12.1 Å². The zero-order chi connectivity index (χ0) is 14.4. The van der Waals surface area contributed by atoms with Gasteiger partial charge in [-0.2, -0.15) is 0 Å². The molecule has 19 heavy (non-hydrogen) atoms. The third kappa shape index (κ3) is 4.76. The number of hydrogen-bond donors (Lipinski definition) is 2. The third-order valence-corrected chi connectivity index (χ3v) is 2.77. The first-order chi connectivity index (χ1) is 8.97. The fourth-order valence-electron chi connectivity index (χ4n) is 1.99. The summed E-state index contributed by atoms with van der Waals surface area (Å²) in [5.41, 5.74) is 3.61. The van der Waals surface area contributed by atoms with Crippen molar-refractivity contribution in [3.63, 3.8) is 0 Å². The number of nitrogens with two attached hydrogens (primary N) is 1. The van der Waals surface area contributed by atoms with E-state index >= 15 is 0 Å². The lowest BCUT2D eigenvalue weighted by Gasteiger charge is -2.20. The predicted octanol–water partition coefficient (Wildman–Crippen LogP) is 2.69. The van der Waals surface area contributed by atoms with Crippen LogP contribution in [0.25, 0.3) is 0 Å². The topological polar surface area (TPSA) is 73.1 Å². The van der Waals surface area contributed by atoms with Crippen LogP contribution in [0.2, 0.25) is 0 Å². The molecule has 0 spiro atoms. The highest BCUT2D eigenvalue weighted by Crippen LogP contribution is 2.24. The Bertz CT molecular complexity index is 393. The summed E-state index contributed by atoms with van der Waals surface area (Å²) in [4.78, 5) is 9.06. The van der Waals surface area contributed by atoms with Crippen LogP contribution in [0.15, 0.2) is 6.07 Å². The average Bonchev–Trinajstić information content (AvgIpc) is 2.34. The van der Waals surface area contributed by atoms with Crippen LogP contribution >= 0.6 is 0 Å². The number of hydrogen-bond acceptors (Lipinski definition) is 5. The van der Waals surface area contributed by atoms with E-state index in [-0.39, 0.29) is 6.10 Å². The first kappa shape index (κ1) is 15.9. The van der Waals surface area contributed by atoms with Gasteiger partial charge < -0.3 is 10.2 Å². The molecule has 0 amide bonds.